The van der Waals surface area contributed by atoms with Crippen molar-refractivity contribution in [2.75, 3.05) is 20.2 Å². The van der Waals surface area contributed by atoms with Crippen LogP contribution in [0.15, 0.2) is 30.5 Å². The highest BCUT2D eigenvalue weighted by Crippen LogP contribution is 2.25. The van der Waals surface area contributed by atoms with Crippen LogP contribution in [0.25, 0.3) is 0 Å². The summed E-state index contributed by atoms with van der Waals surface area (Å²) in [4.78, 5) is 32.8. The highest BCUT2D eigenvalue weighted by Gasteiger charge is 2.28. The van der Waals surface area contributed by atoms with Crippen molar-refractivity contribution in [3.8, 4) is 11.9 Å². The van der Waals surface area contributed by atoms with E-state index in [1.807, 2.05) is 0 Å². The molecule has 0 spiro atoms. The van der Waals surface area contributed by atoms with E-state index in [2.05, 4.69) is 9.97 Å². The van der Waals surface area contributed by atoms with Crippen LogP contribution in [0, 0.1) is 10.1 Å². The van der Waals surface area contributed by atoms with E-state index in [4.69, 9.17) is 21.1 Å². The highest BCUT2D eigenvalue weighted by molar-refractivity contribution is 6.33. The average molecular weight is 393 g/mol. The molecule has 10 heteroatoms. The van der Waals surface area contributed by atoms with E-state index in [1.54, 1.807) is 11.0 Å². The van der Waals surface area contributed by atoms with Gasteiger partial charge in [-0.05, 0) is 18.9 Å². The van der Waals surface area contributed by atoms with E-state index in [0.29, 0.717) is 19.0 Å². The van der Waals surface area contributed by atoms with E-state index < -0.39 is 4.92 Å². The molecule has 2 heterocycles. The molecule has 1 aromatic carbocycles. The van der Waals surface area contributed by atoms with Crippen LogP contribution in [0.1, 0.15) is 23.2 Å². The predicted molar refractivity (Wildman–Crippen MR) is 96.2 cm³/mol. The molecule has 0 radical (unpaired) electrons. The van der Waals surface area contributed by atoms with Gasteiger partial charge in [-0.25, -0.2) is 4.98 Å². The Morgan fingerprint density at radius 3 is 2.96 bits per heavy atom. The first-order valence-electron chi connectivity index (χ1n) is 8.25. The molecule has 2 aromatic rings. The molecule has 9 nitrogen and oxygen atoms in total. The number of carbonyl (C=O) groups is 1. The molecular weight excluding hydrogens is 376 g/mol. The number of aromatic nitrogens is 2. The Bertz CT molecular complexity index is 863. The third-order valence-electron chi connectivity index (χ3n) is 4.13. The molecule has 1 atom stereocenters. The smallest absolute Gasteiger partial charge is 0.319 e. The molecule has 1 fully saturated rings. The minimum Gasteiger partial charge on any atom is -0.472 e. The lowest BCUT2D eigenvalue weighted by atomic mass is 10.1. The van der Waals surface area contributed by atoms with Crippen LogP contribution in [0.5, 0.6) is 11.9 Å². The van der Waals surface area contributed by atoms with Gasteiger partial charge in [-0.2, -0.15) is 4.98 Å². The molecular formula is C17H17ClN4O5. The van der Waals surface area contributed by atoms with Crippen LogP contribution in [0.2, 0.25) is 5.02 Å². The molecule has 0 aliphatic carbocycles. The lowest BCUT2D eigenvalue weighted by molar-refractivity contribution is -0.384. The van der Waals surface area contributed by atoms with Gasteiger partial charge in [-0.3, -0.25) is 14.9 Å². The summed E-state index contributed by atoms with van der Waals surface area (Å²) in [7, 11) is 1.46. The molecule has 27 heavy (non-hydrogen) atoms. The van der Waals surface area contributed by atoms with Crippen molar-refractivity contribution in [3.05, 3.63) is 51.2 Å². The molecule has 142 valence electrons. The largest absolute Gasteiger partial charge is 0.472 e. The Morgan fingerprint density at radius 1 is 1.41 bits per heavy atom. The SMILES string of the molecule is COc1nccc(OC2CCCN(C(=O)c3cc([N+](=O)[O-])ccc3Cl)C2)n1. The summed E-state index contributed by atoms with van der Waals surface area (Å²) >= 11 is 6.08. The average Bonchev–Trinajstić information content (AvgIpc) is 2.68. The predicted octanol–water partition coefficient (Wildman–Crippen LogP) is 2.73. The zero-order valence-corrected chi connectivity index (χ0v) is 15.3. The third kappa shape index (κ3) is 4.43. The number of halogens is 1. The number of nitro groups is 1. The van der Waals surface area contributed by atoms with E-state index >= 15 is 0 Å². The van der Waals surface area contributed by atoms with Gasteiger partial charge in [0, 0.05) is 30.9 Å². The number of carbonyl (C=O) groups excluding carboxylic acids is 1. The van der Waals surface area contributed by atoms with Gasteiger partial charge < -0.3 is 14.4 Å². The first-order chi connectivity index (χ1) is 13.0. The summed E-state index contributed by atoms with van der Waals surface area (Å²) in [6.45, 7) is 0.842. The second kappa shape index (κ2) is 8.17. The number of benzene rings is 1. The van der Waals surface area contributed by atoms with E-state index in [0.717, 1.165) is 12.8 Å². The third-order valence-corrected chi connectivity index (χ3v) is 4.46. The lowest BCUT2D eigenvalue weighted by Gasteiger charge is -2.32. The maximum Gasteiger partial charge on any atom is 0.319 e. The van der Waals surface area contributed by atoms with Gasteiger partial charge in [0.05, 0.1) is 29.2 Å². The molecule has 0 saturated carbocycles. The summed E-state index contributed by atoms with van der Waals surface area (Å²) in [6, 6.07) is 5.63. The fraction of sp³-hybridized carbons (Fsp3) is 0.353. The Balaban J connectivity index is 1.73. The normalized spacial score (nSPS) is 16.7. The van der Waals surface area contributed by atoms with Crippen molar-refractivity contribution in [2.45, 2.75) is 18.9 Å². The zero-order chi connectivity index (χ0) is 19.4. The quantitative estimate of drug-likeness (QED) is 0.568. The fourth-order valence-corrected chi connectivity index (χ4v) is 3.04. The molecule has 1 amide bonds. The molecule has 0 N–H and O–H groups in total. The van der Waals surface area contributed by atoms with Gasteiger partial charge in [0.15, 0.2) is 0 Å². The number of hydrogen-bond acceptors (Lipinski definition) is 7. The second-order valence-corrected chi connectivity index (χ2v) is 6.34. The summed E-state index contributed by atoms with van der Waals surface area (Å²) in [6.07, 6.45) is 2.74. The van der Waals surface area contributed by atoms with Crippen molar-refractivity contribution < 1.29 is 19.2 Å². The van der Waals surface area contributed by atoms with Crippen molar-refractivity contribution in [3.63, 3.8) is 0 Å². The van der Waals surface area contributed by atoms with Gasteiger partial charge in [0.1, 0.15) is 6.10 Å². The van der Waals surface area contributed by atoms with E-state index in [9.17, 15) is 14.9 Å². The first kappa shape index (κ1) is 18.8. The minimum absolute atomic E-state index is 0.107. The number of piperidine rings is 1. The molecule has 1 unspecified atom stereocenters. The fourth-order valence-electron chi connectivity index (χ4n) is 2.84. The van der Waals surface area contributed by atoms with Crippen molar-refractivity contribution in [1.29, 1.82) is 0 Å². The lowest BCUT2D eigenvalue weighted by Crippen LogP contribution is -2.44. The monoisotopic (exact) mass is 392 g/mol. The van der Waals surface area contributed by atoms with E-state index in [-0.39, 0.29) is 34.3 Å². The Morgan fingerprint density at radius 2 is 2.22 bits per heavy atom. The Labute approximate surface area is 160 Å². The van der Waals surface area contributed by atoms with Crippen LogP contribution >= 0.6 is 11.6 Å². The van der Waals surface area contributed by atoms with Crippen molar-refractivity contribution >= 4 is 23.2 Å². The van der Waals surface area contributed by atoms with Gasteiger partial charge in [0.25, 0.3) is 11.6 Å². The maximum atomic E-state index is 12.8. The van der Waals surface area contributed by atoms with Crippen LogP contribution < -0.4 is 9.47 Å². The van der Waals surface area contributed by atoms with Crippen molar-refractivity contribution in [1.82, 2.24) is 14.9 Å². The molecule has 1 aliphatic heterocycles. The van der Waals surface area contributed by atoms with E-state index in [1.165, 1.54) is 31.5 Å². The number of ether oxygens (including phenoxy) is 2. The summed E-state index contributed by atoms with van der Waals surface area (Å²) in [5.74, 6) is -0.00759. The topological polar surface area (TPSA) is 108 Å². The Hall–Kier alpha value is -2.94. The number of methoxy groups -OCH3 is 1. The minimum atomic E-state index is -0.558. The molecule has 1 aliphatic rings. The zero-order valence-electron chi connectivity index (χ0n) is 14.5. The molecule has 3 rings (SSSR count). The van der Waals surface area contributed by atoms with Crippen LogP contribution in [-0.2, 0) is 0 Å². The standard InChI is InChI=1S/C17H17ClN4O5/c1-26-17-19-7-6-15(20-17)27-12-3-2-8-21(10-12)16(23)13-9-11(22(24)25)4-5-14(13)18/h4-7,9,12H,2-3,8,10H2,1H3. The Kier molecular flexibility index (Phi) is 5.70. The first-order valence-corrected chi connectivity index (χ1v) is 8.62. The van der Waals surface area contributed by atoms with Gasteiger partial charge >= 0.3 is 6.01 Å². The molecule has 0 bridgehead atoms. The van der Waals surface area contributed by atoms with Crippen LogP contribution in [0.3, 0.4) is 0 Å². The van der Waals surface area contributed by atoms with Crippen molar-refractivity contribution in [2.24, 2.45) is 0 Å². The number of nitro benzene ring substituents is 1. The number of likely N-dealkylation sites (tertiary alicyclic amines) is 1. The number of nitrogens with zero attached hydrogens (tertiary/aromatic N) is 4. The van der Waals surface area contributed by atoms with Gasteiger partial charge in [-0.15, -0.1) is 0 Å². The number of non-ortho nitro benzene ring substituents is 1. The summed E-state index contributed by atoms with van der Waals surface area (Å²) in [5.41, 5.74) is -0.0733. The number of rotatable bonds is 5. The van der Waals surface area contributed by atoms with Gasteiger partial charge in [-0.1, -0.05) is 11.6 Å². The second-order valence-electron chi connectivity index (χ2n) is 5.94. The highest BCUT2D eigenvalue weighted by atomic mass is 35.5. The summed E-state index contributed by atoms with van der Waals surface area (Å²) in [5, 5.41) is 11.1. The van der Waals surface area contributed by atoms with Gasteiger partial charge in [0.2, 0.25) is 5.88 Å². The number of amides is 1. The molecule has 1 aromatic heterocycles. The maximum absolute atomic E-state index is 12.8. The summed E-state index contributed by atoms with van der Waals surface area (Å²) < 4.78 is 10.8. The molecule has 1 saturated heterocycles. The van der Waals surface area contributed by atoms with Crippen LogP contribution in [0.4, 0.5) is 5.69 Å². The van der Waals surface area contributed by atoms with Crippen LogP contribution in [-0.4, -0.2) is 52.0 Å². The number of hydrogen-bond donors (Lipinski definition) is 0.